The highest BCUT2D eigenvalue weighted by molar-refractivity contribution is 5.97. The summed E-state index contributed by atoms with van der Waals surface area (Å²) in [5.74, 6) is 0.186. The molecule has 0 aromatic heterocycles. The minimum Gasteiger partial charge on any atom is -0.326 e. The van der Waals surface area contributed by atoms with E-state index in [2.05, 4.69) is 16.0 Å². The molecular weight excluding hydrogens is 330 g/mol. The van der Waals surface area contributed by atoms with Crippen molar-refractivity contribution in [2.75, 3.05) is 16.0 Å². The van der Waals surface area contributed by atoms with Gasteiger partial charge in [0.05, 0.1) is 0 Å². The molecule has 0 bridgehead atoms. The second kappa shape index (κ2) is 10.6. The summed E-state index contributed by atoms with van der Waals surface area (Å²) in [6.07, 6.45) is 1.97. The number of carbonyl (C=O) groups excluding carboxylic acids is 3. The van der Waals surface area contributed by atoms with Gasteiger partial charge in [0, 0.05) is 36.3 Å². The van der Waals surface area contributed by atoms with Gasteiger partial charge >= 0.3 is 0 Å². The number of anilines is 3. The maximum absolute atomic E-state index is 12.1. The van der Waals surface area contributed by atoms with E-state index in [-0.39, 0.29) is 29.6 Å². The molecule has 1 rings (SSSR count). The highest BCUT2D eigenvalue weighted by atomic mass is 16.2. The first-order chi connectivity index (χ1) is 12.2. The van der Waals surface area contributed by atoms with Crippen molar-refractivity contribution in [2.45, 2.75) is 60.3 Å². The molecule has 26 heavy (non-hydrogen) atoms. The van der Waals surface area contributed by atoms with Crippen LogP contribution in [0.4, 0.5) is 17.1 Å². The van der Waals surface area contributed by atoms with E-state index in [0.717, 1.165) is 6.42 Å². The normalized spacial score (nSPS) is 10.7. The van der Waals surface area contributed by atoms with Crippen molar-refractivity contribution in [1.82, 2.24) is 0 Å². The Kier molecular flexibility index (Phi) is 8.82. The lowest BCUT2D eigenvalue weighted by Crippen LogP contribution is -2.17. The quantitative estimate of drug-likeness (QED) is 0.609. The van der Waals surface area contributed by atoms with Gasteiger partial charge in [0.25, 0.3) is 0 Å². The highest BCUT2D eigenvalue weighted by Gasteiger charge is 2.11. The lowest BCUT2D eigenvalue weighted by Gasteiger charge is -2.14. The van der Waals surface area contributed by atoms with Crippen LogP contribution in [0, 0.1) is 11.8 Å². The van der Waals surface area contributed by atoms with E-state index in [1.807, 2.05) is 34.6 Å². The molecule has 0 aliphatic rings. The molecule has 0 aliphatic heterocycles. The van der Waals surface area contributed by atoms with Crippen LogP contribution in [0.1, 0.15) is 60.3 Å². The average molecular weight is 361 g/mol. The molecule has 0 unspecified atom stereocenters. The largest absolute Gasteiger partial charge is 0.326 e. The van der Waals surface area contributed by atoms with Crippen molar-refractivity contribution in [2.24, 2.45) is 11.8 Å². The summed E-state index contributed by atoms with van der Waals surface area (Å²) in [6.45, 7) is 9.81. The minimum atomic E-state index is -0.100. The second-order valence-corrected chi connectivity index (χ2v) is 7.39. The summed E-state index contributed by atoms with van der Waals surface area (Å²) in [5, 5.41) is 8.47. The summed E-state index contributed by atoms with van der Waals surface area (Å²) in [5.41, 5.74) is 1.64. The molecule has 0 saturated carbocycles. The first-order valence-corrected chi connectivity index (χ1v) is 9.24. The first kappa shape index (κ1) is 21.7. The van der Waals surface area contributed by atoms with E-state index in [9.17, 15) is 14.4 Å². The third-order valence-corrected chi connectivity index (χ3v) is 3.45. The molecule has 0 aliphatic carbocycles. The fourth-order valence-corrected chi connectivity index (χ4v) is 2.46. The number of hydrogen-bond donors (Lipinski definition) is 3. The molecule has 0 atom stereocenters. The van der Waals surface area contributed by atoms with Crippen LogP contribution in [-0.4, -0.2) is 17.7 Å². The van der Waals surface area contributed by atoms with Crippen molar-refractivity contribution < 1.29 is 14.4 Å². The van der Waals surface area contributed by atoms with Crippen molar-refractivity contribution >= 4 is 34.8 Å². The number of nitrogens with one attached hydrogen (secondary N) is 3. The lowest BCUT2D eigenvalue weighted by molar-refractivity contribution is -0.117. The highest BCUT2D eigenvalue weighted by Crippen LogP contribution is 2.24. The van der Waals surface area contributed by atoms with E-state index in [4.69, 9.17) is 0 Å². The Morgan fingerprint density at radius 2 is 1.08 bits per heavy atom. The van der Waals surface area contributed by atoms with E-state index >= 15 is 0 Å². The molecule has 0 radical (unpaired) electrons. The molecule has 6 heteroatoms. The molecule has 144 valence electrons. The Morgan fingerprint density at radius 1 is 0.731 bits per heavy atom. The van der Waals surface area contributed by atoms with E-state index in [0.29, 0.717) is 36.3 Å². The molecule has 1 aromatic rings. The van der Waals surface area contributed by atoms with Crippen molar-refractivity contribution in [3.05, 3.63) is 18.2 Å². The predicted octanol–water partition coefficient (Wildman–Crippen LogP) is 4.39. The zero-order chi connectivity index (χ0) is 19.7. The standard InChI is InChI=1S/C20H31N3O3/c1-6-7-18(24)21-15-10-16(22-19(25)8-13(2)3)12-17(11-15)23-20(26)9-14(4)5/h10-14H,6-9H2,1-5H3,(H,21,24)(H,22,25)(H,23,26). The first-order valence-electron chi connectivity index (χ1n) is 9.24. The summed E-state index contributed by atoms with van der Waals surface area (Å²) in [6, 6.07) is 5.10. The molecule has 0 saturated heterocycles. The Morgan fingerprint density at radius 3 is 1.38 bits per heavy atom. The SMILES string of the molecule is CCCC(=O)Nc1cc(NC(=O)CC(C)C)cc(NC(=O)CC(C)C)c1. The maximum Gasteiger partial charge on any atom is 0.224 e. The third kappa shape index (κ3) is 8.65. The number of benzene rings is 1. The van der Waals surface area contributed by atoms with Gasteiger partial charge in [-0.3, -0.25) is 14.4 Å². The summed E-state index contributed by atoms with van der Waals surface area (Å²) < 4.78 is 0. The molecule has 0 spiro atoms. The second-order valence-electron chi connectivity index (χ2n) is 7.39. The number of carbonyl (C=O) groups is 3. The molecule has 0 fully saturated rings. The Bertz CT molecular complexity index is 597. The fraction of sp³-hybridized carbons (Fsp3) is 0.550. The Hall–Kier alpha value is -2.37. The Labute approximate surface area is 156 Å². The zero-order valence-corrected chi connectivity index (χ0v) is 16.4. The maximum atomic E-state index is 12.1. The van der Waals surface area contributed by atoms with Gasteiger partial charge in [-0.1, -0.05) is 34.6 Å². The van der Waals surface area contributed by atoms with E-state index in [1.165, 1.54) is 0 Å². The van der Waals surface area contributed by atoms with Crippen molar-refractivity contribution in [1.29, 1.82) is 0 Å². The fourth-order valence-electron chi connectivity index (χ4n) is 2.46. The van der Waals surface area contributed by atoms with Gasteiger partial charge in [0.2, 0.25) is 17.7 Å². The van der Waals surface area contributed by atoms with Gasteiger partial charge in [-0.2, -0.15) is 0 Å². The molecule has 1 aromatic carbocycles. The smallest absolute Gasteiger partial charge is 0.224 e. The van der Waals surface area contributed by atoms with Crippen LogP contribution in [0.2, 0.25) is 0 Å². The number of amides is 3. The van der Waals surface area contributed by atoms with Crippen LogP contribution >= 0.6 is 0 Å². The van der Waals surface area contributed by atoms with Gasteiger partial charge < -0.3 is 16.0 Å². The zero-order valence-electron chi connectivity index (χ0n) is 16.4. The van der Waals surface area contributed by atoms with Crippen LogP contribution in [0.15, 0.2) is 18.2 Å². The monoisotopic (exact) mass is 361 g/mol. The summed E-state index contributed by atoms with van der Waals surface area (Å²) in [7, 11) is 0. The average Bonchev–Trinajstić information content (AvgIpc) is 2.44. The third-order valence-electron chi connectivity index (χ3n) is 3.45. The van der Waals surface area contributed by atoms with Crippen molar-refractivity contribution in [3.63, 3.8) is 0 Å². The summed E-state index contributed by atoms with van der Waals surface area (Å²) >= 11 is 0. The van der Waals surface area contributed by atoms with Crippen LogP contribution in [0.5, 0.6) is 0 Å². The van der Waals surface area contributed by atoms with Gasteiger partial charge in [-0.05, 0) is 36.5 Å². The van der Waals surface area contributed by atoms with E-state index < -0.39 is 0 Å². The lowest BCUT2D eigenvalue weighted by atomic mass is 10.1. The van der Waals surface area contributed by atoms with Gasteiger partial charge in [0.15, 0.2) is 0 Å². The predicted molar refractivity (Wildman–Crippen MR) is 106 cm³/mol. The molecule has 3 N–H and O–H groups in total. The van der Waals surface area contributed by atoms with Crippen LogP contribution < -0.4 is 16.0 Å². The van der Waals surface area contributed by atoms with E-state index in [1.54, 1.807) is 18.2 Å². The molecule has 3 amide bonds. The Balaban J connectivity index is 2.99. The number of rotatable bonds is 9. The van der Waals surface area contributed by atoms with Crippen LogP contribution in [-0.2, 0) is 14.4 Å². The summed E-state index contributed by atoms with van der Waals surface area (Å²) in [4.78, 5) is 36.0. The van der Waals surface area contributed by atoms with Crippen molar-refractivity contribution in [3.8, 4) is 0 Å². The minimum absolute atomic E-state index is 0.0994. The molecule has 6 nitrogen and oxygen atoms in total. The number of hydrogen-bond acceptors (Lipinski definition) is 3. The molecule has 0 heterocycles. The molecular formula is C20H31N3O3. The van der Waals surface area contributed by atoms with Crippen LogP contribution in [0.3, 0.4) is 0 Å². The van der Waals surface area contributed by atoms with Gasteiger partial charge in [-0.15, -0.1) is 0 Å². The van der Waals surface area contributed by atoms with Gasteiger partial charge in [-0.25, -0.2) is 0 Å². The topological polar surface area (TPSA) is 87.3 Å². The van der Waals surface area contributed by atoms with Gasteiger partial charge in [0.1, 0.15) is 0 Å². The van der Waals surface area contributed by atoms with Crippen LogP contribution in [0.25, 0.3) is 0 Å².